The summed E-state index contributed by atoms with van der Waals surface area (Å²) in [6.07, 6.45) is 5.60. The number of rotatable bonds is 8. The third kappa shape index (κ3) is 4.41. The second kappa shape index (κ2) is 8.90. The van der Waals surface area contributed by atoms with Crippen LogP contribution in [-0.2, 0) is 0 Å². The zero-order chi connectivity index (χ0) is 19.2. The summed E-state index contributed by atoms with van der Waals surface area (Å²) in [5.41, 5.74) is 6.01. The maximum atomic E-state index is 5.57. The van der Waals surface area contributed by atoms with Gasteiger partial charge in [-0.3, -0.25) is 0 Å². The van der Waals surface area contributed by atoms with Crippen LogP contribution >= 0.6 is 0 Å². The maximum absolute atomic E-state index is 5.57. The van der Waals surface area contributed by atoms with E-state index in [4.69, 9.17) is 4.74 Å². The normalized spacial score (nSPS) is 12.1. The number of hydrogen-bond donors (Lipinski definition) is 0. The van der Waals surface area contributed by atoms with Crippen molar-refractivity contribution in [2.75, 3.05) is 6.61 Å². The van der Waals surface area contributed by atoms with E-state index in [9.17, 15) is 0 Å². The molecule has 1 unspecified atom stereocenters. The predicted molar refractivity (Wildman–Crippen MR) is 113 cm³/mol. The van der Waals surface area contributed by atoms with Gasteiger partial charge in [0.15, 0.2) is 0 Å². The van der Waals surface area contributed by atoms with E-state index in [1.54, 1.807) is 0 Å². The van der Waals surface area contributed by atoms with Crippen molar-refractivity contribution in [3.63, 3.8) is 0 Å². The molecule has 0 bridgehead atoms. The molecule has 0 amide bonds. The fourth-order valence-corrected chi connectivity index (χ4v) is 3.65. The molecule has 3 nitrogen and oxygen atoms in total. The Morgan fingerprint density at radius 3 is 2.30 bits per heavy atom. The van der Waals surface area contributed by atoms with Gasteiger partial charge in [0.05, 0.1) is 18.0 Å². The molecule has 0 spiro atoms. The molecule has 3 rings (SSSR count). The molecule has 0 fully saturated rings. The van der Waals surface area contributed by atoms with Gasteiger partial charge in [0, 0.05) is 6.20 Å². The van der Waals surface area contributed by atoms with Crippen molar-refractivity contribution in [3.8, 4) is 22.6 Å². The van der Waals surface area contributed by atoms with Crippen LogP contribution < -0.4 is 4.74 Å². The zero-order valence-electron chi connectivity index (χ0n) is 16.9. The minimum Gasteiger partial charge on any atom is -0.494 e. The molecule has 2 aromatic carbocycles. The lowest BCUT2D eigenvalue weighted by atomic mass is 9.89. The molecular formula is C24H30N2O. The smallest absolute Gasteiger partial charge is 0.119 e. The highest BCUT2D eigenvalue weighted by atomic mass is 16.5. The highest BCUT2D eigenvalue weighted by Crippen LogP contribution is 2.33. The number of benzene rings is 2. The number of aryl methyl sites for hydroxylation is 1. The second-order valence-electron chi connectivity index (χ2n) is 7.03. The second-order valence-corrected chi connectivity index (χ2v) is 7.03. The van der Waals surface area contributed by atoms with Gasteiger partial charge in [0.25, 0.3) is 0 Å². The van der Waals surface area contributed by atoms with Crippen molar-refractivity contribution < 1.29 is 4.74 Å². The first-order chi connectivity index (χ1) is 13.2. The summed E-state index contributed by atoms with van der Waals surface area (Å²) in [5, 5.41) is 4.69. The van der Waals surface area contributed by atoms with Gasteiger partial charge in [0.2, 0.25) is 0 Å². The van der Waals surface area contributed by atoms with Gasteiger partial charge in [-0.05, 0) is 73.6 Å². The average molecular weight is 363 g/mol. The van der Waals surface area contributed by atoms with Crippen LogP contribution in [0, 0.1) is 6.92 Å². The van der Waals surface area contributed by atoms with Crippen LogP contribution in [0.5, 0.6) is 5.75 Å². The van der Waals surface area contributed by atoms with Gasteiger partial charge < -0.3 is 4.74 Å². The van der Waals surface area contributed by atoms with Crippen LogP contribution in [-0.4, -0.2) is 16.4 Å². The largest absolute Gasteiger partial charge is 0.494 e. The van der Waals surface area contributed by atoms with Crippen molar-refractivity contribution in [1.29, 1.82) is 0 Å². The molecule has 1 aromatic heterocycles. The van der Waals surface area contributed by atoms with Gasteiger partial charge in [-0.15, -0.1) is 0 Å². The van der Waals surface area contributed by atoms with Crippen LogP contribution in [0.25, 0.3) is 16.8 Å². The molecule has 0 aliphatic heterocycles. The Kier molecular flexibility index (Phi) is 6.33. The minimum atomic E-state index is 0.559. The summed E-state index contributed by atoms with van der Waals surface area (Å²) in [6, 6.07) is 17.2. The summed E-state index contributed by atoms with van der Waals surface area (Å²) in [7, 11) is 0. The molecule has 0 saturated carbocycles. The average Bonchev–Trinajstić information content (AvgIpc) is 3.13. The van der Waals surface area contributed by atoms with E-state index >= 15 is 0 Å². The van der Waals surface area contributed by atoms with E-state index in [1.807, 2.05) is 30.7 Å². The van der Waals surface area contributed by atoms with Crippen LogP contribution in [0.15, 0.2) is 54.7 Å². The molecule has 1 heterocycles. The highest BCUT2D eigenvalue weighted by molar-refractivity contribution is 5.68. The lowest BCUT2D eigenvalue weighted by Gasteiger charge is -2.20. The van der Waals surface area contributed by atoms with E-state index in [0.717, 1.165) is 17.9 Å². The molecule has 0 N–H and O–H groups in total. The third-order valence-electron chi connectivity index (χ3n) is 5.07. The van der Waals surface area contributed by atoms with Crippen LogP contribution in [0.4, 0.5) is 0 Å². The first-order valence-corrected chi connectivity index (χ1v) is 10.1. The summed E-state index contributed by atoms with van der Waals surface area (Å²) in [6.45, 7) is 9.27. The van der Waals surface area contributed by atoms with E-state index in [-0.39, 0.29) is 0 Å². The summed E-state index contributed by atoms with van der Waals surface area (Å²) in [4.78, 5) is 0. The van der Waals surface area contributed by atoms with E-state index in [1.165, 1.54) is 35.2 Å². The fraction of sp³-hybridized carbons (Fsp3) is 0.375. The predicted octanol–water partition coefficient (Wildman–Crippen LogP) is 6.54. The molecule has 1 atom stereocenters. The molecular weight excluding hydrogens is 332 g/mol. The fourth-order valence-electron chi connectivity index (χ4n) is 3.65. The summed E-state index contributed by atoms with van der Waals surface area (Å²) >= 11 is 0. The van der Waals surface area contributed by atoms with Crippen LogP contribution in [0.1, 0.15) is 57.2 Å². The zero-order valence-corrected chi connectivity index (χ0v) is 16.9. The van der Waals surface area contributed by atoms with Crippen molar-refractivity contribution >= 4 is 0 Å². The topological polar surface area (TPSA) is 27.1 Å². The van der Waals surface area contributed by atoms with Gasteiger partial charge in [-0.2, -0.15) is 5.10 Å². The number of nitrogens with zero attached hydrogens (tertiary/aromatic N) is 2. The first kappa shape index (κ1) is 19.2. The lowest BCUT2D eigenvalue weighted by Crippen LogP contribution is -2.06. The molecule has 3 heteroatoms. The molecule has 0 aliphatic carbocycles. The minimum absolute atomic E-state index is 0.559. The Labute approximate surface area is 163 Å². The molecule has 3 aromatic rings. The Morgan fingerprint density at radius 1 is 0.963 bits per heavy atom. The summed E-state index contributed by atoms with van der Waals surface area (Å²) < 4.78 is 7.60. The van der Waals surface area contributed by atoms with Gasteiger partial charge in [0.1, 0.15) is 5.75 Å². The lowest BCUT2D eigenvalue weighted by molar-refractivity contribution is 0.340. The van der Waals surface area contributed by atoms with Crippen molar-refractivity contribution in [1.82, 2.24) is 9.78 Å². The SMILES string of the molecule is CCCC(CC)c1ccc(-c2ccc(OCC)cc2)cc1-n1ccc(C)n1. The maximum Gasteiger partial charge on any atom is 0.119 e. The van der Waals surface area contributed by atoms with Gasteiger partial charge in [-0.1, -0.05) is 44.5 Å². The van der Waals surface area contributed by atoms with Gasteiger partial charge in [-0.25, -0.2) is 4.68 Å². The van der Waals surface area contributed by atoms with Crippen molar-refractivity contribution in [2.24, 2.45) is 0 Å². The molecule has 0 radical (unpaired) electrons. The first-order valence-electron chi connectivity index (χ1n) is 10.1. The Bertz CT molecular complexity index is 864. The van der Waals surface area contributed by atoms with E-state index in [0.29, 0.717) is 12.5 Å². The number of ether oxygens (including phenoxy) is 1. The standard InChI is InChI=1S/C24H30N2O/c1-5-8-19(6-2)23-14-11-21(17-24(23)26-16-15-18(4)25-26)20-9-12-22(13-10-20)27-7-3/h9-17,19H,5-8H2,1-4H3. The monoisotopic (exact) mass is 362 g/mol. The highest BCUT2D eigenvalue weighted by Gasteiger charge is 2.16. The molecule has 0 aliphatic rings. The van der Waals surface area contributed by atoms with E-state index in [2.05, 4.69) is 61.5 Å². The van der Waals surface area contributed by atoms with Crippen molar-refractivity contribution in [2.45, 2.75) is 52.9 Å². The van der Waals surface area contributed by atoms with Crippen LogP contribution in [0.3, 0.4) is 0 Å². The van der Waals surface area contributed by atoms with E-state index < -0.39 is 0 Å². The Hall–Kier alpha value is -2.55. The quantitative estimate of drug-likeness (QED) is 0.455. The Balaban J connectivity index is 2.04. The molecule has 0 saturated heterocycles. The van der Waals surface area contributed by atoms with Crippen molar-refractivity contribution in [3.05, 3.63) is 66.0 Å². The Morgan fingerprint density at radius 2 is 1.70 bits per heavy atom. The third-order valence-corrected chi connectivity index (χ3v) is 5.07. The summed E-state index contributed by atoms with van der Waals surface area (Å²) in [5.74, 6) is 1.47. The molecule has 27 heavy (non-hydrogen) atoms. The number of aromatic nitrogens is 2. The van der Waals surface area contributed by atoms with Gasteiger partial charge >= 0.3 is 0 Å². The number of hydrogen-bond acceptors (Lipinski definition) is 2. The van der Waals surface area contributed by atoms with Crippen LogP contribution in [0.2, 0.25) is 0 Å². The molecule has 142 valence electrons.